The molecule has 1 aromatic rings. The topological polar surface area (TPSA) is 18.5 Å². The van der Waals surface area contributed by atoms with Crippen LogP contribution in [-0.4, -0.2) is 19.8 Å². The van der Waals surface area contributed by atoms with E-state index in [2.05, 4.69) is 64.8 Å². The van der Waals surface area contributed by atoms with Crippen molar-refractivity contribution in [3.8, 4) is 5.75 Å². The first kappa shape index (κ1) is 17.0. The zero-order chi connectivity index (χ0) is 14.3. The number of halogens is 2. The molecule has 19 heavy (non-hydrogen) atoms. The highest BCUT2D eigenvalue weighted by molar-refractivity contribution is 9.10. The van der Waals surface area contributed by atoms with Crippen LogP contribution in [0.4, 0.5) is 0 Å². The van der Waals surface area contributed by atoms with Gasteiger partial charge in [0, 0.05) is 22.0 Å². The predicted octanol–water partition coefficient (Wildman–Crippen LogP) is 5.09. The van der Waals surface area contributed by atoms with Crippen molar-refractivity contribution in [2.24, 2.45) is 5.92 Å². The largest absolute Gasteiger partial charge is 0.491 e. The fourth-order valence-electron chi connectivity index (χ4n) is 1.73. The van der Waals surface area contributed by atoms with E-state index in [4.69, 9.17) is 9.47 Å². The first-order chi connectivity index (χ1) is 9.04. The van der Waals surface area contributed by atoms with Crippen LogP contribution < -0.4 is 4.74 Å². The minimum Gasteiger partial charge on any atom is -0.491 e. The van der Waals surface area contributed by atoms with Gasteiger partial charge in [-0.25, -0.2) is 0 Å². The van der Waals surface area contributed by atoms with Crippen molar-refractivity contribution >= 4 is 31.9 Å². The maximum Gasteiger partial charge on any atom is 0.126 e. The summed E-state index contributed by atoms with van der Waals surface area (Å²) < 4.78 is 12.5. The van der Waals surface area contributed by atoms with Crippen LogP contribution >= 0.6 is 31.9 Å². The van der Waals surface area contributed by atoms with E-state index in [1.54, 1.807) is 0 Å². The number of hydrogen-bond donors (Lipinski definition) is 0. The average Bonchev–Trinajstić information content (AvgIpc) is 2.34. The van der Waals surface area contributed by atoms with Gasteiger partial charge >= 0.3 is 0 Å². The van der Waals surface area contributed by atoms with Crippen LogP contribution in [0.1, 0.15) is 31.4 Å². The van der Waals surface area contributed by atoms with Gasteiger partial charge < -0.3 is 9.47 Å². The number of ether oxygens (including phenoxy) is 2. The quantitative estimate of drug-likeness (QED) is 0.452. The Kier molecular flexibility index (Phi) is 8.03. The lowest BCUT2D eigenvalue weighted by atomic mass is 10.1. The molecule has 0 unspecified atom stereocenters. The van der Waals surface area contributed by atoms with Gasteiger partial charge in [0.15, 0.2) is 0 Å². The summed E-state index contributed by atoms with van der Waals surface area (Å²) in [4.78, 5) is 0. The molecule has 0 saturated carbocycles. The van der Waals surface area contributed by atoms with Gasteiger partial charge in [-0.2, -0.15) is 0 Å². The summed E-state index contributed by atoms with van der Waals surface area (Å²) in [5.41, 5.74) is 2.31. The summed E-state index contributed by atoms with van der Waals surface area (Å²) in [6.45, 7) is 8.52. The predicted molar refractivity (Wildman–Crippen MR) is 87.3 cm³/mol. The Bertz CT molecular complexity index is 392. The normalized spacial score (nSPS) is 11.1. The van der Waals surface area contributed by atoms with E-state index < -0.39 is 0 Å². The summed E-state index contributed by atoms with van der Waals surface area (Å²) in [5, 5.41) is 0.789. The van der Waals surface area contributed by atoms with Crippen LogP contribution in [-0.2, 0) is 10.1 Å². The first-order valence-corrected chi connectivity index (χ1v) is 8.51. The number of rotatable bonds is 8. The van der Waals surface area contributed by atoms with Gasteiger partial charge in [-0.3, -0.25) is 0 Å². The summed E-state index contributed by atoms with van der Waals surface area (Å²) in [5.74, 6) is 1.65. The van der Waals surface area contributed by atoms with Gasteiger partial charge in [0.1, 0.15) is 12.4 Å². The van der Waals surface area contributed by atoms with Crippen LogP contribution in [0.15, 0.2) is 16.6 Å². The molecule has 0 radical (unpaired) electrons. The monoisotopic (exact) mass is 392 g/mol. The number of alkyl halides is 1. The van der Waals surface area contributed by atoms with Crippen LogP contribution in [0.25, 0.3) is 0 Å². The third-order valence-corrected chi connectivity index (χ3v) is 3.84. The SMILES string of the molecule is Cc1cc(Br)cc(CBr)c1OCCOCCC(C)C. The maximum absolute atomic E-state index is 5.85. The van der Waals surface area contributed by atoms with Gasteiger partial charge in [0.2, 0.25) is 0 Å². The fraction of sp³-hybridized carbons (Fsp3) is 0.600. The molecular weight excluding hydrogens is 372 g/mol. The second-order valence-corrected chi connectivity index (χ2v) is 6.46. The molecule has 0 fully saturated rings. The Balaban J connectivity index is 2.41. The van der Waals surface area contributed by atoms with Crippen LogP contribution in [0.5, 0.6) is 5.75 Å². The van der Waals surface area contributed by atoms with Gasteiger partial charge in [-0.15, -0.1) is 0 Å². The van der Waals surface area contributed by atoms with Gasteiger partial charge in [-0.1, -0.05) is 45.7 Å². The summed E-state index contributed by atoms with van der Waals surface area (Å²) in [6, 6.07) is 4.15. The molecule has 1 rings (SSSR count). The molecule has 0 spiro atoms. The second kappa shape index (κ2) is 8.98. The standard InChI is InChI=1S/C15H22Br2O2/c1-11(2)4-5-18-6-7-19-15-12(3)8-14(17)9-13(15)10-16/h8-9,11H,4-7,10H2,1-3H3. The summed E-state index contributed by atoms with van der Waals surface area (Å²) in [6.07, 6.45) is 1.10. The van der Waals surface area contributed by atoms with Crippen molar-refractivity contribution in [2.45, 2.75) is 32.5 Å². The molecule has 0 atom stereocenters. The molecule has 0 N–H and O–H groups in total. The number of aryl methyl sites for hydroxylation is 1. The molecule has 108 valence electrons. The molecular formula is C15H22Br2O2. The second-order valence-electron chi connectivity index (χ2n) is 4.99. The molecule has 0 saturated heterocycles. The highest BCUT2D eigenvalue weighted by Crippen LogP contribution is 2.29. The van der Waals surface area contributed by atoms with Gasteiger partial charge in [0.05, 0.1) is 6.61 Å². The van der Waals surface area contributed by atoms with Crippen molar-refractivity contribution < 1.29 is 9.47 Å². The minimum atomic E-state index is 0.598. The van der Waals surface area contributed by atoms with Gasteiger partial charge in [0.25, 0.3) is 0 Å². The molecule has 0 aromatic heterocycles. The van der Waals surface area contributed by atoms with Crippen molar-refractivity contribution in [1.29, 1.82) is 0 Å². The third-order valence-electron chi connectivity index (χ3n) is 2.77. The highest BCUT2D eigenvalue weighted by Gasteiger charge is 2.08. The van der Waals surface area contributed by atoms with Crippen LogP contribution in [0.3, 0.4) is 0 Å². The van der Waals surface area contributed by atoms with E-state index in [1.807, 2.05) is 0 Å². The Morgan fingerprint density at radius 3 is 2.53 bits per heavy atom. The summed E-state index contributed by atoms with van der Waals surface area (Å²) in [7, 11) is 0. The van der Waals surface area contributed by atoms with Crippen LogP contribution in [0, 0.1) is 12.8 Å². The molecule has 0 aliphatic carbocycles. The van der Waals surface area contributed by atoms with E-state index in [1.165, 1.54) is 0 Å². The Morgan fingerprint density at radius 1 is 1.16 bits per heavy atom. The maximum atomic E-state index is 5.85. The smallest absolute Gasteiger partial charge is 0.126 e. The first-order valence-electron chi connectivity index (χ1n) is 6.60. The van der Waals surface area contributed by atoms with Crippen molar-refractivity contribution in [2.75, 3.05) is 19.8 Å². The minimum absolute atomic E-state index is 0.598. The van der Waals surface area contributed by atoms with E-state index >= 15 is 0 Å². The molecule has 2 nitrogen and oxygen atoms in total. The van der Waals surface area contributed by atoms with E-state index in [0.717, 1.165) is 39.7 Å². The van der Waals surface area contributed by atoms with Crippen LogP contribution in [0.2, 0.25) is 0 Å². The molecule has 0 amide bonds. The molecule has 1 aromatic carbocycles. The Morgan fingerprint density at radius 2 is 1.89 bits per heavy atom. The highest BCUT2D eigenvalue weighted by atomic mass is 79.9. The molecule has 0 heterocycles. The van der Waals surface area contributed by atoms with E-state index in [-0.39, 0.29) is 0 Å². The zero-order valence-corrected chi connectivity index (χ0v) is 15.0. The van der Waals surface area contributed by atoms with E-state index in [0.29, 0.717) is 19.1 Å². The Hall–Kier alpha value is -0.0600. The average molecular weight is 394 g/mol. The molecule has 0 aliphatic rings. The van der Waals surface area contributed by atoms with Gasteiger partial charge in [-0.05, 0) is 37.0 Å². The van der Waals surface area contributed by atoms with Crippen molar-refractivity contribution in [3.05, 3.63) is 27.7 Å². The fourth-order valence-corrected chi connectivity index (χ4v) is 2.77. The molecule has 0 bridgehead atoms. The van der Waals surface area contributed by atoms with Crippen molar-refractivity contribution in [3.63, 3.8) is 0 Å². The lowest BCUT2D eigenvalue weighted by Gasteiger charge is -2.14. The van der Waals surface area contributed by atoms with E-state index in [9.17, 15) is 0 Å². The number of hydrogen-bond acceptors (Lipinski definition) is 2. The molecule has 4 heteroatoms. The zero-order valence-electron chi connectivity index (χ0n) is 11.8. The summed E-state index contributed by atoms with van der Waals surface area (Å²) >= 11 is 7.00. The van der Waals surface area contributed by atoms with Crippen molar-refractivity contribution in [1.82, 2.24) is 0 Å². The lowest BCUT2D eigenvalue weighted by Crippen LogP contribution is -2.10. The molecule has 0 aliphatic heterocycles. The number of benzene rings is 1. The Labute approximate surface area is 133 Å². The third kappa shape index (κ3) is 6.28. The lowest BCUT2D eigenvalue weighted by molar-refractivity contribution is 0.0921.